The number of phenolic OH excluding ortho intramolecular Hbond substituents is 1. The second-order valence-corrected chi connectivity index (χ2v) is 5.53. The summed E-state index contributed by atoms with van der Waals surface area (Å²) in [6.45, 7) is 2.45. The first-order chi connectivity index (χ1) is 9.10. The topological polar surface area (TPSA) is 62.2 Å². The highest BCUT2D eigenvalue weighted by atomic mass is 35.5. The fourth-order valence-electron chi connectivity index (χ4n) is 1.50. The normalized spacial score (nSPS) is 10.4. The number of aryl methyl sites for hydroxylation is 1. The molecule has 0 spiro atoms. The molecule has 19 heavy (non-hydrogen) atoms. The van der Waals surface area contributed by atoms with E-state index in [4.69, 9.17) is 11.6 Å². The van der Waals surface area contributed by atoms with Gasteiger partial charge >= 0.3 is 0 Å². The van der Waals surface area contributed by atoms with Crippen molar-refractivity contribution in [3.05, 3.63) is 44.9 Å². The fraction of sp³-hybridized carbons (Fsp3) is 0.231. The zero-order valence-corrected chi connectivity index (χ0v) is 11.9. The lowest BCUT2D eigenvalue weighted by atomic mass is 10.2. The Kier molecular flexibility index (Phi) is 4.39. The second kappa shape index (κ2) is 6.04. The number of aromatic nitrogens is 1. The molecule has 0 saturated heterocycles. The molecule has 0 aliphatic carbocycles. The Balaban J connectivity index is 1.99. The first-order valence-electron chi connectivity index (χ1n) is 5.80. The molecule has 0 fully saturated rings. The maximum atomic E-state index is 11.9. The number of thiazole rings is 1. The van der Waals surface area contributed by atoms with Crippen LogP contribution in [-0.2, 0) is 13.0 Å². The summed E-state index contributed by atoms with van der Waals surface area (Å²) >= 11 is 7.34. The minimum absolute atomic E-state index is 0.0364. The lowest BCUT2D eigenvalue weighted by Crippen LogP contribution is -2.22. The summed E-state index contributed by atoms with van der Waals surface area (Å²) in [5, 5.41) is 13.1. The first kappa shape index (κ1) is 13.8. The minimum atomic E-state index is -0.241. The molecule has 0 atom stereocenters. The standard InChI is InChI=1S/C13H13ClN2O2S/c1-2-9-6-15-12(19-9)7-16-13(18)8-3-4-11(17)10(14)5-8/h3-6,17H,2,7H2,1H3,(H,16,18). The molecule has 2 N–H and O–H groups in total. The summed E-state index contributed by atoms with van der Waals surface area (Å²) in [5.41, 5.74) is 0.412. The Morgan fingerprint density at radius 1 is 1.53 bits per heavy atom. The van der Waals surface area contributed by atoms with Crippen molar-refractivity contribution in [1.82, 2.24) is 10.3 Å². The maximum Gasteiger partial charge on any atom is 0.251 e. The summed E-state index contributed by atoms with van der Waals surface area (Å²) < 4.78 is 0. The van der Waals surface area contributed by atoms with E-state index in [2.05, 4.69) is 17.2 Å². The van der Waals surface area contributed by atoms with Gasteiger partial charge in [0.2, 0.25) is 0 Å². The summed E-state index contributed by atoms with van der Waals surface area (Å²) in [4.78, 5) is 17.3. The van der Waals surface area contributed by atoms with Crippen molar-refractivity contribution in [2.75, 3.05) is 0 Å². The molecule has 4 nitrogen and oxygen atoms in total. The monoisotopic (exact) mass is 296 g/mol. The average Bonchev–Trinajstić information content (AvgIpc) is 2.87. The molecule has 0 aliphatic rings. The van der Waals surface area contributed by atoms with Gasteiger partial charge in [0.05, 0.1) is 11.6 Å². The van der Waals surface area contributed by atoms with Crippen molar-refractivity contribution < 1.29 is 9.90 Å². The average molecular weight is 297 g/mol. The van der Waals surface area contributed by atoms with E-state index < -0.39 is 0 Å². The molecule has 2 aromatic rings. The Morgan fingerprint density at radius 2 is 2.32 bits per heavy atom. The highest BCUT2D eigenvalue weighted by Gasteiger charge is 2.09. The van der Waals surface area contributed by atoms with Crippen molar-refractivity contribution in [3.63, 3.8) is 0 Å². The fourth-order valence-corrected chi connectivity index (χ4v) is 2.48. The van der Waals surface area contributed by atoms with Gasteiger partial charge in [0.25, 0.3) is 5.91 Å². The third kappa shape index (κ3) is 3.45. The Hall–Kier alpha value is -1.59. The van der Waals surface area contributed by atoms with E-state index in [1.54, 1.807) is 11.3 Å². The van der Waals surface area contributed by atoms with Crippen molar-refractivity contribution >= 4 is 28.8 Å². The quantitative estimate of drug-likeness (QED) is 0.912. The number of benzene rings is 1. The van der Waals surface area contributed by atoms with Crippen molar-refractivity contribution in [2.24, 2.45) is 0 Å². The number of phenols is 1. The number of halogens is 1. The number of nitrogens with zero attached hydrogens (tertiary/aromatic N) is 1. The summed E-state index contributed by atoms with van der Waals surface area (Å²) in [6, 6.07) is 4.36. The maximum absolute atomic E-state index is 11.9. The number of amides is 1. The van der Waals surface area contributed by atoms with E-state index in [1.807, 2.05) is 6.20 Å². The Bertz CT molecular complexity index is 598. The van der Waals surface area contributed by atoms with Crippen molar-refractivity contribution in [3.8, 4) is 5.75 Å². The van der Waals surface area contributed by atoms with Crippen LogP contribution in [0.25, 0.3) is 0 Å². The number of rotatable bonds is 4. The van der Waals surface area contributed by atoms with Crippen LogP contribution in [0.1, 0.15) is 27.2 Å². The van der Waals surface area contributed by atoms with Crippen LogP contribution in [0.5, 0.6) is 5.75 Å². The number of hydrogen-bond donors (Lipinski definition) is 2. The second-order valence-electron chi connectivity index (χ2n) is 3.92. The van der Waals surface area contributed by atoms with Crippen molar-refractivity contribution in [2.45, 2.75) is 19.9 Å². The smallest absolute Gasteiger partial charge is 0.251 e. The van der Waals surface area contributed by atoms with E-state index in [1.165, 1.54) is 23.1 Å². The number of aromatic hydroxyl groups is 1. The summed E-state index contributed by atoms with van der Waals surface area (Å²) in [5.74, 6) is -0.277. The highest BCUT2D eigenvalue weighted by molar-refractivity contribution is 7.11. The lowest BCUT2D eigenvalue weighted by molar-refractivity contribution is 0.0951. The van der Waals surface area contributed by atoms with Crippen LogP contribution in [0, 0.1) is 0 Å². The van der Waals surface area contributed by atoms with Gasteiger partial charge < -0.3 is 10.4 Å². The van der Waals surface area contributed by atoms with E-state index >= 15 is 0 Å². The zero-order chi connectivity index (χ0) is 13.8. The largest absolute Gasteiger partial charge is 0.506 e. The van der Waals surface area contributed by atoms with Crippen LogP contribution in [0.4, 0.5) is 0 Å². The molecule has 1 heterocycles. The van der Waals surface area contributed by atoms with E-state index in [-0.39, 0.29) is 16.7 Å². The molecule has 100 valence electrons. The van der Waals surface area contributed by atoms with E-state index in [0.717, 1.165) is 11.4 Å². The van der Waals surface area contributed by atoms with Crippen molar-refractivity contribution in [1.29, 1.82) is 0 Å². The van der Waals surface area contributed by atoms with Crippen LogP contribution in [0.3, 0.4) is 0 Å². The highest BCUT2D eigenvalue weighted by Crippen LogP contribution is 2.23. The molecule has 1 aromatic carbocycles. The van der Waals surface area contributed by atoms with E-state index in [9.17, 15) is 9.90 Å². The SMILES string of the molecule is CCc1cnc(CNC(=O)c2ccc(O)c(Cl)c2)s1. The van der Waals surface area contributed by atoms with Gasteiger partial charge in [-0.05, 0) is 24.6 Å². The van der Waals surface area contributed by atoms with Gasteiger partial charge in [-0.3, -0.25) is 4.79 Å². The zero-order valence-electron chi connectivity index (χ0n) is 10.3. The van der Waals surface area contributed by atoms with Gasteiger partial charge in [-0.25, -0.2) is 4.98 Å². The van der Waals surface area contributed by atoms with Crippen LogP contribution >= 0.6 is 22.9 Å². The van der Waals surface area contributed by atoms with Gasteiger partial charge in [0.1, 0.15) is 10.8 Å². The molecule has 2 rings (SSSR count). The molecular weight excluding hydrogens is 284 g/mol. The lowest BCUT2D eigenvalue weighted by Gasteiger charge is -2.04. The number of nitrogens with one attached hydrogen (secondary N) is 1. The summed E-state index contributed by atoms with van der Waals surface area (Å²) in [6.07, 6.45) is 2.77. The molecule has 0 aliphatic heterocycles. The molecule has 0 bridgehead atoms. The molecule has 0 saturated carbocycles. The molecular formula is C13H13ClN2O2S. The molecule has 6 heteroatoms. The van der Waals surface area contributed by atoms with Gasteiger partial charge in [-0.2, -0.15) is 0 Å². The number of carbonyl (C=O) groups excluding carboxylic acids is 1. The third-order valence-corrected chi connectivity index (χ3v) is 4.00. The Labute approximate surface area is 120 Å². The Morgan fingerprint density at radius 3 is 2.95 bits per heavy atom. The van der Waals surface area contributed by atoms with E-state index in [0.29, 0.717) is 12.1 Å². The predicted molar refractivity (Wildman–Crippen MR) is 75.8 cm³/mol. The third-order valence-electron chi connectivity index (χ3n) is 2.56. The molecule has 1 amide bonds. The van der Waals surface area contributed by atoms with Gasteiger partial charge in [0.15, 0.2) is 0 Å². The number of carbonyl (C=O) groups is 1. The molecule has 1 aromatic heterocycles. The first-order valence-corrected chi connectivity index (χ1v) is 7.00. The van der Waals surface area contributed by atoms with Crippen LogP contribution < -0.4 is 5.32 Å². The van der Waals surface area contributed by atoms with Crippen LogP contribution in [0.15, 0.2) is 24.4 Å². The molecule has 0 radical (unpaired) electrons. The molecule has 0 unspecified atom stereocenters. The van der Waals surface area contributed by atoms with Gasteiger partial charge in [-0.1, -0.05) is 18.5 Å². The van der Waals surface area contributed by atoms with Gasteiger partial charge in [0, 0.05) is 16.6 Å². The minimum Gasteiger partial charge on any atom is -0.506 e. The van der Waals surface area contributed by atoms with Crippen LogP contribution in [0.2, 0.25) is 5.02 Å². The summed E-state index contributed by atoms with van der Waals surface area (Å²) in [7, 11) is 0. The van der Waals surface area contributed by atoms with Gasteiger partial charge in [-0.15, -0.1) is 11.3 Å². The number of hydrogen-bond acceptors (Lipinski definition) is 4. The van der Waals surface area contributed by atoms with Crippen LogP contribution in [-0.4, -0.2) is 16.0 Å². The predicted octanol–water partition coefficient (Wildman–Crippen LogP) is 2.99.